The van der Waals surface area contributed by atoms with Crippen molar-refractivity contribution in [1.82, 2.24) is 9.03 Å². The highest BCUT2D eigenvalue weighted by Crippen LogP contribution is 1.98. The Kier molecular flexibility index (Phi) is 8.90. The van der Waals surface area contributed by atoms with Crippen molar-refractivity contribution in [3.8, 4) is 0 Å². The minimum Gasteiger partial charge on any atom is -0.469 e. The van der Waals surface area contributed by atoms with E-state index < -0.39 is 16.2 Å². The highest BCUT2D eigenvalue weighted by atomic mass is 32.2. The van der Waals surface area contributed by atoms with E-state index in [4.69, 9.17) is 5.11 Å². The Morgan fingerprint density at radius 2 is 2.00 bits per heavy atom. The summed E-state index contributed by atoms with van der Waals surface area (Å²) >= 11 is 0. The first kappa shape index (κ1) is 17.3. The Balaban J connectivity index is 3.92. The van der Waals surface area contributed by atoms with Gasteiger partial charge in [-0.2, -0.15) is 12.7 Å². The standard InChI is InChI=1S/C10H22N2O5S/c1-12(8-6-10(14)17-2)18(15,16)11-7-4-3-5-9-13/h11,13H,3-9H2,1-2H3. The van der Waals surface area contributed by atoms with Crippen molar-refractivity contribution in [3.05, 3.63) is 0 Å². The smallest absolute Gasteiger partial charge is 0.306 e. The lowest BCUT2D eigenvalue weighted by Gasteiger charge is -2.16. The average Bonchev–Trinajstić information content (AvgIpc) is 2.34. The summed E-state index contributed by atoms with van der Waals surface area (Å²) in [5.74, 6) is -0.444. The average molecular weight is 282 g/mol. The van der Waals surface area contributed by atoms with Gasteiger partial charge in [0.05, 0.1) is 13.5 Å². The van der Waals surface area contributed by atoms with Gasteiger partial charge in [0.25, 0.3) is 10.2 Å². The number of esters is 1. The molecule has 0 bridgehead atoms. The zero-order valence-corrected chi connectivity index (χ0v) is 11.7. The van der Waals surface area contributed by atoms with Gasteiger partial charge in [-0.1, -0.05) is 0 Å². The van der Waals surface area contributed by atoms with Crippen LogP contribution in [0.15, 0.2) is 0 Å². The number of ether oxygens (including phenoxy) is 1. The Morgan fingerprint density at radius 3 is 2.56 bits per heavy atom. The summed E-state index contributed by atoms with van der Waals surface area (Å²) in [6, 6.07) is 0. The number of aliphatic hydroxyl groups excluding tert-OH is 1. The van der Waals surface area contributed by atoms with Crippen LogP contribution in [0, 0.1) is 0 Å². The molecule has 0 fully saturated rings. The van der Waals surface area contributed by atoms with E-state index in [0.717, 1.165) is 10.7 Å². The van der Waals surface area contributed by atoms with Crippen molar-refractivity contribution in [1.29, 1.82) is 0 Å². The Bertz CT molecular complexity index is 331. The molecule has 18 heavy (non-hydrogen) atoms. The van der Waals surface area contributed by atoms with E-state index in [9.17, 15) is 13.2 Å². The predicted molar refractivity (Wildman–Crippen MR) is 67.1 cm³/mol. The Labute approximate surface area is 108 Å². The molecule has 0 aromatic heterocycles. The molecule has 0 aliphatic rings. The molecule has 0 spiro atoms. The zero-order valence-electron chi connectivity index (χ0n) is 10.9. The van der Waals surface area contributed by atoms with Crippen LogP contribution >= 0.6 is 0 Å². The molecule has 0 unspecified atom stereocenters. The van der Waals surface area contributed by atoms with E-state index in [2.05, 4.69) is 9.46 Å². The van der Waals surface area contributed by atoms with Gasteiger partial charge in [0, 0.05) is 26.7 Å². The Hall–Kier alpha value is -0.700. The van der Waals surface area contributed by atoms with Crippen LogP contribution in [-0.2, 0) is 19.7 Å². The molecule has 0 amide bonds. The lowest BCUT2D eigenvalue weighted by atomic mass is 10.2. The Morgan fingerprint density at radius 1 is 1.33 bits per heavy atom. The summed E-state index contributed by atoms with van der Waals surface area (Å²) in [7, 11) is -0.876. The number of carbonyl (C=O) groups excluding carboxylic acids is 1. The van der Waals surface area contributed by atoms with Crippen LogP contribution in [0.5, 0.6) is 0 Å². The molecule has 0 aliphatic heterocycles. The molecule has 7 nitrogen and oxygen atoms in total. The monoisotopic (exact) mass is 282 g/mol. The molecule has 0 heterocycles. The summed E-state index contributed by atoms with van der Waals surface area (Å²) in [4.78, 5) is 10.9. The fraction of sp³-hybridized carbons (Fsp3) is 0.900. The van der Waals surface area contributed by atoms with Gasteiger partial charge in [-0.15, -0.1) is 0 Å². The molecule has 0 saturated heterocycles. The van der Waals surface area contributed by atoms with Crippen LogP contribution in [0.3, 0.4) is 0 Å². The number of hydrogen-bond donors (Lipinski definition) is 2. The molecule has 108 valence electrons. The first-order valence-corrected chi connectivity index (χ1v) is 7.26. The van der Waals surface area contributed by atoms with Crippen molar-refractivity contribution in [2.24, 2.45) is 0 Å². The molecule has 0 saturated carbocycles. The van der Waals surface area contributed by atoms with Crippen LogP contribution in [0.1, 0.15) is 25.7 Å². The molecular weight excluding hydrogens is 260 g/mol. The minimum absolute atomic E-state index is 0.0262. The number of unbranched alkanes of at least 4 members (excludes halogenated alkanes) is 2. The fourth-order valence-electron chi connectivity index (χ4n) is 1.20. The largest absolute Gasteiger partial charge is 0.469 e. The summed E-state index contributed by atoms with van der Waals surface area (Å²) in [6.07, 6.45) is 2.13. The number of methoxy groups -OCH3 is 1. The number of carbonyl (C=O) groups is 1. The molecular formula is C10H22N2O5S. The normalized spacial score (nSPS) is 11.8. The van der Waals surface area contributed by atoms with E-state index in [0.29, 0.717) is 19.4 Å². The molecule has 0 rings (SSSR count). The van der Waals surface area contributed by atoms with Crippen molar-refractivity contribution in [2.75, 3.05) is 33.9 Å². The maximum Gasteiger partial charge on any atom is 0.306 e. The second kappa shape index (κ2) is 9.26. The molecule has 2 N–H and O–H groups in total. The number of nitrogens with one attached hydrogen (secondary N) is 1. The van der Waals surface area contributed by atoms with E-state index in [1.165, 1.54) is 14.2 Å². The van der Waals surface area contributed by atoms with E-state index in [1.54, 1.807) is 0 Å². The number of hydrogen-bond acceptors (Lipinski definition) is 5. The van der Waals surface area contributed by atoms with Gasteiger partial charge in [0.2, 0.25) is 0 Å². The quantitative estimate of drug-likeness (QED) is 0.415. The van der Waals surface area contributed by atoms with Crippen molar-refractivity contribution in [3.63, 3.8) is 0 Å². The predicted octanol–water partition coefficient (Wildman–Crippen LogP) is -0.522. The summed E-state index contributed by atoms with van der Waals surface area (Å²) in [5.41, 5.74) is 0. The topological polar surface area (TPSA) is 95.9 Å². The summed E-state index contributed by atoms with van der Waals surface area (Å²) < 4.78 is 31.3. The lowest BCUT2D eigenvalue weighted by Crippen LogP contribution is -2.39. The van der Waals surface area contributed by atoms with E-state index in [1.807, 2.05) is 0 Å². The third-order valence-electron chi connectivity index (χ3n) is 2.39. The summed E-state index contributed by atoms with van der Waals surface area (Å²) in [6.45, 7) is 0.523. The second-order valence-electron chi connectivity index (χ2n) is 3.83. The number of aliphatic hydroxyl groups is 1. The van der Waals surface area contributed by atoms with Crippen LogP contribution < -0.4 is 4.72 Å². The molecule has 8 heteroatoms. The number of rotatable bonds is 10. The SMILES string of the molecule is COC(=O)CCN(C)S(=O)(=O)NCCCCCO. The van der Waals surface area contributed by atoms with Gasteiger partial charge in [0.1, 0.15) is 0 Å². The van der Waals surface area contributed by atoms with Crippen LogP contribution in [0.2, 0.25) is 0 Å². The molecule has 0 aliphatic carbocycles. The first-order valence-electron chi connectivity index (χ1n) is 5.82. The highest BCUT2D eigenvalue weighted by molar-refractivity contribution is 7.87. The minimum atomic E-state index is -3.54. The molecule has 0 aromatic carbocycles. The third-order valence-corrected chi connectivity index (χ3v) is 3.96. The fourth-order valence-corrected chi connectivity index (χ4v) is 2.15. The van der Waals surface area contributed by atoms with Crippen LogP contribution in [-0.4, -0.2) is 57.7 Å². The van der Waals surface area contributed by atoms with Crippen LogP contribution in [0.4, 0.5) is 0 Å². The highest BCUT2D eigenvalue weighted by Gasteiger charge is 2.17. The summed E-state index contributed by atoms with van der Waals surface area (Å²) in [5, 5.41) is 8.57. The van der Waals surface area contributed by atoms with Crippen molar-refractivity contribution >= 4 is 16.2 Å². The molecule has 0 aromatic rings. The van der Waals surface area contributed by atoms with Crippen molar-refractivity contribution < 1.29 is 23.1 Å². The van der Waals surface area contributed by atoms with Gasteiger partial charge in [0.15, 0.2) is 0 Å². The van der Waals surface area contributed by atoms with Gasteiger partial charge >= 0.3 is 5.97 Å². The lowest BCUT2D eigenvalue weighted by molar-refractivity contribution is -0.140. The maximum atomic E-state index is 11.7. The first-order chi connectivity index (χ1) is 8.44. The van der Waals surface area contributed by atoms with Crippen LogP contribution in [0.25, 0.3) is 0 Å². The van der Waals surface area contributed by atoms with Gasteiger partial charge in [-0.3, -0.25) is 4.79 Å². The maximum absolute atomic E-state index is 11.7. The van der Waals surface area contributed by atoms with Gasteiger partial charge in [-0.05, 0) is 19.3 Å². The molecule has 0 atom stereocenters. The second-order valence-corrected chi connectivity index (χ2v) is 5.69. The zero-order chi connectivity index (χ0) is 14.0. The number of nitrogens with zero attached hydrogens (tertiary/aromatic N) is 1. The van der Waals surface area contributed by atoms with Crippen molar-refractivity contribution in [2.45, 2.75) is 25.7 Å². The third kappa shape index (κ3) is 7.59. The van der Waals surface area contributed by atoms with E-state index in [-0.39, 0.29) is 19.6 Å². The molecule has 0 radical (unpaired) electrons. The van der Waals surface area contributed by atoms with E-state index >= 15 is 0 Å². The van der Waals surface area contributed by atoms with Gasteiger partial charge < -0.3 is 9.84 Å². The van der Waals surface area contributed by atoms with Gasteiger partial charge in [-0.25, -0.2) is 4.72 Å².